The van der Waals surface area contributed by atoms with E-state index in [4.69, 9.17) is 10.00 Å². The number of aliphatic hydroxyl groups is 1. The third kappa shape index (κ3) is 6.01. The van der Waals surface area contributed by atoms with Crippen LogP contribution in [0.3, 0.4) is 0 Å². The first-order valence-electron chi connectivity index (χ1n) is 8.01. The Morgan fingerprint density at radius 3 is 2.41 bits per heavy atom. The van der Waals surface area contributed by atoms with Crippen LogP contribution in [-0.2, 0) is 23.9 Å². The third-order valence-electron chi connectivity index (χ3n) is 3.79. The molecule has 2 aromatic rings. The first-order chi connectivity index (χ1) is 12.8. The van der Waals surface area contributed by atoms with Gasteiger partial charge in [0.15, 0.2) is 6.10 Å². The number of nitrogens with one attached hydrogen (secondary N) is 1. The van der Waals surface area contributed by atoms with Crippen molar-refractivity contribution in [2.75, 3.05) is 0 Å². The number of rotatable bonds is 6. The maximum atomic E-state index is 13.1. The zero-order valence-electron chi connectivity index (χ0n) is 14.1. The zero-order chi connectivity index (χ0) is 19.9. The summed E-state index contributed by atoms with van der Waals surface area (Å²) in [6, 6.07) is 13.8. The molecule has 2 N–H and O–H groups in total. The molecule has 1 unspecified atom stereocenters. The molecule has 8 heteroatoms. The Bertz CT molecular complexity index is 804. The number of halogens is 3. The third-order valence-corrected chi connectivity index (χ3v) is 3.79. The van der Waals surface area contributed by atoms with E-state index in [2.05, 4.69) is 5.32 Å². The van der Waals surface area contributed by atoms with Crippen molar-refractivity contribution in [3.05, 3.63) is 71.3 Å². The minimum atomic E-state index is -4.59. The first kappa shape index (κ1) is 20.3. The Morgan fingerprint density at radius 2 is 1.78 bits per heavy atom. The molecule has 0 aromatic heterocycles. The molecule has 0 aliphatic carbocycles. The molecule has 142 valence electrons. The predicted molar refractivity (Wildman–Crippen MR) is 90.3 cm³/mol. The minimum Gasteiger partial charge on any atom is -0.445 e. The Labute approximate surface area is 154 Å². The van der Waals surface area contributed by atoms with Crippen LogP contribution < -0.4 is 5.32 Å². The quantitative estimate of drug-likeness (QED) is 0.755. The van der Waals surface area contributed by atoms with Gasteiger partial charge in [0.05, 0.1) is 17.7 Å². The van der Waals surface area contributed by atoms with E-state index in [1.165, 1.54) is 24.3 Å². The van der Waals surface area contributed by atoms with Gasteiger partial charge >= 0.3 is 12.3 Å². The number of carbonyl (C=O) groups is 1. The van der Waals surface area contributed by atoms with Crippen LogP contribution in [0, 0.1) is 11.3 Å². The molecule has 27 heavy (non-hydrogen) atoms. The number of carbonyl (C=O) groups excluding carboxylic acids is 1. The highest BCUT2D eigenvalue weighted by molar-refractivity contribution is 5.67. The standard InChI is InChI=1S/C19H17F3N2O3/c20-19(21,22)15-9-5-4-8-14(15)10-16(17(25)11-23)24-18(26)27-12-13-6-2-1-3-7-13/h1-9,16-17,25H,10,12H2,(H,24,26)/t16-,17?/m1/s1. The molecule has 0 fully saturated rings. The van der Waals surface area contributed by atoms with Crippen LogP contribution in [0.25, 0.3) is 0 Å². The second kappa shape index (κ2) is 9.05. The summed E-state index contributed by atoms with van der Waals surface area (Å²) in [5, 5.41) is 21.0. The maximum absolute atomic E-state index is 13.1. The van der Waals surface area contributed by atoms with Crippen molar-refractivity contribution >= 4 is 6.09 Å². The lowest BCUT2D eigenvalue weighted by Crippen LogP contribution is -2.44. The second-order valence-electron chi connectivity index (χ2n) is 5.75. The van der Waals surface area contributed by atoms with E-state index < -0.39 is 30.0 Å². The summed E-state index contributed by atoms with van der Waals surface area (Å²) in [6.45, 7) is -0.0544. The largest absolute Gasteiger partial charge is 0.445 e. The minimum absolute atomic E-state index is 0.0544. The van der Waals surface area contributed by atoms with Crippen LogP contribution in [0.15, 0.2) is 54.6 Å². The number of nitriles is 1. The predicted octanol–water partition coefficient (Wildman–Crippen LogP) is 3.43. The summed E-state index contributed by atoms with van der Waals surface area (Å²) in [6.07, 6.45) is -7.62. The fourth-order valence-corrected chi connectivity index (χ4v) is 2.46. The molecule has 0 aliphatic rings. The molecule has 2 rings (SSSR count). The van der Waals surface area contributed by atoms with Gasteiger partial charge in [0.2, 0.25) is 0 Å². The van der Waals surface area contributed by atoms with E-state index >= 15 is 0 Å². The topological polar surface area (TPSA) is 82.4 Å². The molecule has 0 radical (unpaired) electrons. The highest BCUT2D eigenvalue weighted by Crippen LogP contribution is 2.32. The van der Waals surface area contributed by atoms with Crippen molar-refractivity contribution in [2.45, 2.75) is 31.3 Å². The lowest BCUT2D eigenvalue weighted by atomic mass is 9.97. The van der Waals surface area contributed by atoms with Gasteiger partial charge in [-0.2, -0.15) is 18.4 Å². The van der Waals surface area contributed by atoms with Crippen LogP contribution in [0.4, 0.5) is 18.0 Å². The molecule has 0 saturated carbocycles. The average Bonchev–Trinajstić information content (AvgIpc) is 2.65. The number of alkyl carbamates (subject to hydrolysis) is 1. The lowest BCUT2D eigenvalue weighted by Gasteiger charge is -2.21. The Balaban J connectivity index is 2.08. The van der Waals surface area contributed by atoms with Crippen molar-refractivity contribution in [2.24, 2.45) is 0 Å². The molecule has 2 aromatic carbocycles. The van der Waals surface area contributed by atoms with Crippen LogP contribution in [0.1, 0.15) is 16.7 Å². The van der Waals surface area contributed by atoms with Gasteiger partial charge in [0.1, 0.15) is 6.61 Å². The Kier molecular flexibility index (Phi) is 6.79. The van der Waals surface area contributed by atoms with Gasteiger partial charge in [0, 0.05) is 0 Å². The monoisotopic (exact) mass is 378 g/mol. The van der Waals surface area contributed by atoms with Gasteiger partial charge in [-0.3, -0.25) is 0 Å². The normalized spacial score (nSPS) is 13.3. The molecule has 0 bridgehead atoms. The zero-order valence-corrected chi connectivity index (χ0v) is 14.1. The number of hydrogen-bond acceptors (Lipinski definition) is 4. The molecular formula is C19H17F3N2O3. The van der Waals surface area contributed by atoms with Crippen molar-refractivity contribution in [3.8, 4) is 6.07 Å². The van der Waals surface area contributed by atoms with Crippen molar-refractivity contribution < 1.29 is 27.8 Å². The summed E-state index contributed by atoms with van der Waals surface area (Å²) < 4.78 is 44.3. The number of benzene rings is 2. The van der Waals surface area contributed by atoms with E-state index in [0.717, 1.165) is 6.07 Å². The Hall–Kier alpha value is -3.05. The van der Waals surface area contributed by atoms with Gasteiger partial charge in [-0.15, -0.1) is 0 Å². The summed E-state index contributed by atoms with van der Waals surface area (Å²) in [5.74, 6) is 0. The molecule has 2 atom stereocenters. The number of ether oxygens (including phenoxy) is 1. The molecule has 0 spiro atoms. The van der Waals surface area contributed by atoms with Crippen LogP contribution in [0.5, 0.6) is 0 Å². The molecule has 5 nitrogen and oxygen atoms in total. The lowest BCUT2D eigenvalue weighted by molar-refractivity contribution is -0.138. The molecule has 0 aliphatic heterocycles. The first-order valence-corrected chi connectivity index (χ1v) is 8.01. The van der Waals surface area contributed by atoms with Gasteiger partial charge in [-0.25, -0.2) is 4.79 Å². The summed E-state index contributed by atoms with van der Waals surface area (Å²) in [7, 11) is 0. The van der Waals surface area contributed by atoms with E-state index in [1.54, 1.807) is 30.3 Å². The fourth-order valence-electron chi connectivity index (χ4n) is 2.46. The number of aliphatic hydroxyl groups excluding tert-OH is 1. The van der Waals surface area contributed by atoms with Crippen molar-refractivity contribution in [3.63, 3.8) is 0 Å². The van der Waals surface area contributed by atoms with E-state index in [-0.39, 0.29) is 18.6 Å². The molecule has 0 heterocycles. The molecule has 0 saturated heterocycles. The molecular weight excluding hydrogens is 361 g/mol. The number of amides is 1. The summed E-state index contributed by atoms with van der Waals surface area (Å²) in [5.41, 5.74) is -0.320. The second-order valence-corrected chi connectivity index (χ2v) is 5.75. The highest BCUT2D eigenvalue weighted by atomic mass is 19.4. The maximum Gasteiger partial charge on any atom is 0.416 e. The van der Waals surface area contributed by atoms with E-state index in [9.17, 15) is 23.1 Å². The number of nitrogens with zero attached hydrogens (tertiary/aromatic N) is 1. The van der Waals surface area contributed by atoms with Crippen LogP contribution in [0.2, 0.25) is 0 Å². The number of alkyl halides is 3. The summed E-state index contributed by atoms with van der Waals surface area (Å²) in [4.78, 5) is 11.9. The van der Waals surface area contributed by atoms with E-state index in [1.807, 2.05) is 0 Å². The Morgan fingerprint density at radius 1 is 1.15 bits per heavy atom. The van der Waals surface area contributed by atoms with Crippen molar-refractivity contribution in [1.82, 2.24) is 5.32 Å². The highest BCUT2D eigenvalue weighted by Gasteiger charge is 2.34. The van der Waals surface area contributed by atoms with Crippen LogP contribution in [-0.4, -0.2) is 23.3 Å². The summed E-state index contributed by atoms with van der Waals surface area (Å²) >= 11 is 0. The smallest absolute Gasteiger partial charge is 0.416 e. The molecule has 1 amide bonds. The van der Waals surface area contributed by atoms with E-state index in [0.29, 0.717) is 5.56 Å². The van der Waals surface area contributed by atoms with Gasteiger partial charge in [0.25, 0.3) is 0 Å². The SMILES string of the molecule is N#CC(O)[C@@H](Cc1ccccc1C(F)(F)F)NC(=O)OCc1ccccc1. The van der Waals surface area contributed by atoms with Crippen molar-refractivity contribution in [1.29, 1.82) is 5.26 Å². The van der Waals surface area contributed by atoms with Gasteiger partial charge < -0.3 is 15.2 Å². The van der Waals surface area contributed by atoms with Crippen LogP contribution >= 0.6 is 0 Å². The number of hydrogen-bond donors (Lipinski definition) is 2. The fraction of sp³-hybridized carbons (Fsp3) is 0.263. The average molecular weight is 378 g/mol. The van der Waals surface area contributed by atoms with Gasteiger partial charge in [-0.1, -0.05) is 48.5 Å². The van der Waals surface area contributed by atoms with Gasteiger partial charge in [-0.05, 0) is 23.6 Å².